The molecule has 0 heterocycles. The first-order chi connectivity index (χ1) is 7.12. The van der Waals surface area contributed by atoms with Gasteiger partial charge in [-0.3, -0.25) is 4.79 Å². The molecule has 0 N–H and O–H groups in total. The molecule has 0 saturated heterocycles. The molecule has 2 aliphatic carbocycles. The number of carbonyl (C=O) groups is 1. The van der Waals surface area contributed by atoms with Gasteiger partial charge in [-0.05, 0) is 49.5 Å². The van der Waals surface area contributed by atoms with E-state index in [1.807, 2.05) is 0 Å². The molecule has 0 bridgehead atoms. The van der Waals surface area contributed by atoms with Crippen LogP contribution >= 0.6 is 0 Å². The minimum Gasteiger partial charge on any atom is -0.458 e. The van der Waals surface area contributed by atoms with Gasteiger partial charge in [0.05, 0.1) is 0 Å². The maximum atomic E-state index is 11.0. The third kappa shape index (κ3) is 2.09. The van der Waals surface area contributed by atoms with Crippen LogP contribution in [0.4, 0.5) is 0 Å². The van der Waals surface area contributed by atoms with Crippen LogP contribution < -0.4 is 0 Å². The van der Waals surface area contributed by atoms with Gasteiger partial charge in [-0.15, -0.1) is 0 Å². The predicted molar refractivity (Wildman–Crippen MR) is 59.4 cm³/mol. The minimum atomic E-state index is -0.143. The van der Waals surface area contributed by atoms with Gasteiger partial charge in [0.25, 0.3) is 0 Å². The van der Waals surface area contributed by atoms with Gasteiger partial charge < -0.3 is 4.74 Å². The fourth-order valence-corrected chi connectivity index (χ4v) is 3.09. The Hall–Kier alpha value is -0.790. The molecular formula is C13H20O2. The van der Waals surface area contributed by atoms with Gasteiger partial charge in [0.1, 0.15) is 6.10 Å². The number of rotatable bonds is 1. The molecule has 0 aromatic rings. The van der Waals surface area contributed by atoms with Crippen molar-refractivity contribution in [3.63, 3.8) is 0 Å². The first-order valence-corrected chi connectivity index (χ1v) is 5.99. The lowest BCUT2D eigenvalue weighted by Gasteiger charge is -2.43. The molecule has 0 unspecified atom stereocenters. The second-order valence-corrected chi connectivity index (χ2v) is 5.10. The summed E-state index contributed by atoms with van der Waals surface area (Å²) in [5.41, 5.74) is 1.71. The van der Waals surface area contributed by atoms with Crippen molar-refractivity contribution in [1.82, 2.24) is 0 Å². The lowest BCUT2D eigenvalue weighted by atomic mass is 9.65. The highest BCUT2D eigenvalue weighted by Gasteiger charge is 2.39. The zero-order valence-electron chi connectivity index (χ0n) is 9.71. The summed E-state index contributed by atoms with van der Waals surface area (Å²) >= 11 is 0. The predicted octanol–water partition coefficient (Wildman–Crippen LogP) is 3.22. The van der Waals surface area contributed by atoms with Gasteiger partial charge in [0, 0.05) is 6.92 Å². The van der Waals surface area contributed by atoms with Crippen molar-refractivity contribution < 1.29 is 9.53 Å². The number of hydrogen-bond acceptors (Lipinski definition) is 2. The normalized spacial score (nSPS) is 35.3. The van der Waals surface area contributed by atoms with E-state index in [1.54, 1.807) is 0 Å². The van der Waals surface area contributed by atoms with Crippen LogP contribution in [0.25, 0.3) is 0 Å². The van der Waals surface area contributed by atoms with Crippen LogP contribution in [0.1, 0.15) is 52.4 Å². The van der Waals surface area contributed by atoms with E-state index in [-0.39, 0.29) is 12.1 Å². The van der Waals surface area contributed by atoms with E-state index in [1.165, 1.54) is 38.2 Å². The summed E-state index contributed by atoms with van der Waals surface area (Å²) in [7, 11) is 0. The van der Waals surface area contributed by atoms with Crippen LogP contribution in [-0.2, 0) is 9.53 Å². The van der Waals surface area contributed by atoms with E-state index in [4.69, 9.17) is 4.74 Å². The zero-order valence-corrected chi connectivity index (χ0v) is 9.71. The molecule has 0 radical (unpaired) electrons. The molecule has 0 aliphatic heterocycles. The first-order valence-electron chi connectivity index (χ1n) is 5.99. The van der Waals surface area contributed by atoms with E-state index in [9.17, 15) is 4.79 Å². The van der Waals surface area contributed by atoms with Crippen LogP contribution in [0.3, 0.4) is 0 Å². The number of carbonyl (C=O) groups excluding carboxylic acids is 1. The van der Waals surface area contributed by atoms with Crippen molar-refractivity contribution in [2.75, 3.05) is 0 Å². The molecule has 84 valence electrons. The molecule has 2 nitrogen and oxygen atoms in total. The highest BCUT2D eigenvalue weighted by atomic mass is 16.5. The number of allylic oxidation sites excluding steroid dienone is 1. The summed E-state index contributed by atoms with van der Waals surface area (Å²) in [4.78, 5) is 11.0. The molecule has 0 spiro atoms. The monoisotopic (exact) mass is 208 g/mol. The van der Waals surface area contributed by atoms with Crippen molar-refractivity contribution in [2.24, 2.45) is 5.41 Å². The third-order valence-electron chi connectivity index (χ3n) is 3.84. The van der Waals surface area contributed by atoms with Crippen LogP contribution in [0, 0.1) is 5.41 Å². The van der Waals surface area contributed by atoms with Gasteiger partial charge in [0.2, 0.25) is 0 Å². The first kappa shape index (κ1) is 10.7. The highest BCUT2D eigenvalue weighted by Crippen LogP contribution is 2.47. The average molecular weight is 208 g/mol. The van der Waals surface area contributed by atoms with Crippen molar-refractivity contribution in [3.05, 3.63) is 11.6 Å². The van der Waals surface area contributed by atoms with Crippen molar-refractivity contribution in [2.45, 2.75) is 58.5 Å². The van der Waals surface area contributed by atoms with Gasteiger partial charge >= 0.3 is 5.97 Å². The average Bonchev–Trinajstić information content (AvgIpc) is 2.16. The topological polar surface area (TPSA) is 26.3 Å². The number of esters is 1. The molecule has 2 aliphatic rings. The van der Waals surface area contributed by atoms with E-state index in [0.717, 1.165) is 12.8 Å². The summed E-state index contributed by atoms with van der Waals surface area (Å²) in [5, 5.41) is 0. The molecule has 15 heavy (non-hydrogen) atoms. The van der Waals surface area contributed by atoms with Crippen LogP contribution in [0.5, 0.6) is 0 Å². The second-order valence-electron chi connectivity index (χ2n) is 5.10. The minimum absolute atomic E-state index is 0.0709. The molecule has 2 rings (SSSR count). The Morgan fingerprint density at radius 1 is 1.47 bits per heavy atom. The maximum absolute atomic E-state index is 11.0. The molecule has 0 amide bonds. The maximum Gasteiger partial charge on any atom is 0.303 e. The Balaban J connectivity index is 2.19. The number of ether oxygens (including phenoxy) is 1. The van der Waals surface area contributed by atoms with E-state index in [0.29, 0.717) is 5.41 Å². The number of hydrogen-bond donors (Lipinski definition) is 0. The van der Waals surface area contributed by atoms with Gasteiger partial charge in [-0.2, -0.15) is 0 Å². The smallest absolute Gasteiger partial charge is 0.303 e. The molecule has 0 aromatic heterocycles. The lowest BCUT2D eigenvalue weighted by molar-refractivity contribution is -0.146. The van der Waals surface area contributed by atoms with E-state index in [2.05, 4.69) is 13.0 Å². The third-order valence-corrected chi connectivity index (χ3v) is 3.84. The van der Waals surface area contributed by atoms with Crippen LogP contribution in [0.2, 0.25) is 0 Å². The molecule has 0 aromatic carbocycles. The molecule has 2 heteroatoms. The second kappa shape index (κ2) is 3.99. The SMILES string of the molecule is CC(=O)O[C@H]1CCC[C@@]2(C)CCCC=C12. The quantitative estimate of drug-likeness (QED) is 0.488. The Morgan fingerprint density at radius 3 is 2.93 bits per heavy atom. The molecule has 1 saturated carbocycles. The summed E-state index contributed by atoms with van der Waals surface area (Å²) in [6.07, 6.45) is 9.55. The standard InChI is InChI=1S/C13H20O2/c1-10(14)15-12-7-5-9-13(2)8-4-3-6-11(12)13/h6,12H,3-5,7-9H2,1-2H3/t12-,13+/m0/s1. The zero-order chi connectivity index (χ0) is 10.9. The van der Waals surface area contributed by atoms with Crippen molar-refractivity contribution >= 4 is 5.97 Å². The van der Waals surface area contributed by atoms with Crippen LogP contribution in [-0.4, -0.2) is 12.1 Å². The summed E-state index contributed by atoms with van der Waals surface area (Å²) in [6, 6.07) is 0. The molecular weight excluding hydrogens is 188 g/mol. The van der Waals surface area contributed by atoms with Gasteiger partial charge in [-0.25, -0.2) is 0 Å². The Morgan fingerprint density at radius 2 is 2.20 bits per heavy atom. The summed E-state index contributed by atoms with van der Waals surface area (Å²) in [6.45, 7) is 3.84. The van der Waals surface area contributed by atoms with Crippen molar-refractivity contribution in [3.8, 4) is 0 Å². The molecule has 1 fully saturated rings. The summed E-state index contributed by atoms with van der Waals surface area (Å²) < 4.78 is 5.42. The molecule has 2 atom stereocenters. The Kier molecular flexibility index (Phi) is 2.85. The van der Waals surface area contributed by atoms with Crippen LogP contribution in [0.15, 0.2) is 11.6 Å². The van der Waals surface area contributed by atoms with Gasteiger partial charge in [0.15, 0.2) is 0 Å². The Bertz CT molecular complexity index is 293. The largest absolute Gasteiger partial charge is 0.458 e. The van der Waals surface area contributed by atoms with Gasteiger partial charge in [-0.1, -0.05) is 13.0 Å². The fraction of sp³-hybridized carbons (Fsp3) is 0.769. The fourth-order valence-electron chi connectivity index (χ4n) is 3.09. The Labute approximate surface area is 91.7 Å². The highest BCUT2D eigenvalue weighted by molar-refractivity contribution is 5.66. The lowest BCUT2D eigenvalue weighted by Crippen LogP contribution is -2.36. The number of fused-ring (bicyclic) bond motifs is 1. The van der Waals surface area contributed by atoms with Crippen molar-refractivity contribution in [1.29, 1.82) is 0 Å². The summed E-state index contributed by atoms with van der Waals surface area (Å²) in [5.74, 6) is -0.143. The van der Waals surface area contributed by atoms with E-state index < -0.39 is 0 Å². The van der Waals surface area contributed by atoms with E-state index >= 15 is 0 Å².